The van der Waals surface area contributed by atoms with Gasteiger partial charge in [0.25, 0.3) is 17.5 Å². The van der Waals surface area contributed by atoms with Gasteiger partial charge in [-0.25, -0.2) is 4.90 Å². The van der Waals surface area contributed by atoms with Crippen molar-refractivity contribution in [2.24, 2.45) is 0 Å². The van der Waals surface area contributed by atoms with E-state index in [0.717, 1.165) is 11.0 Å². The van der Waals surface area contributed by atoms with Crippen molar-refractivity contribution >= 4 is 34.8 Å². The van der Waals surface area contributed by atoms with Crippen molar-refractivity contribution in [3.05, 3.63) is 63.7 Å². The van der Waals surface area contributed by atoms with E-state index in [1.807, 2.05) is 0 Å². The van der Waals surface area contributed by atoms with Crippen LogP contribution < -0.4 is 10.2 Å². The molecule has 24 heavy (non-hydrogen) atoms. The van der Waals surface area contributed by atoms with Crippen molar-refractivity contribution in [3.8, 4) is 0 Å². The summed E-state index contributed by atoms with van der Waals surface area (Å²) in [6, 6.07) is 10.1. The second kappa shape index (κ2) is 5.58. The molecule has 0 bridgehead atoms. The van der Waals surface area contributed by atoms with Crippen molar-refractivity contribution in [2.75, 3.05) is 10.2 Å². The normalized spacial score (nSPS) is 13.0. The average Bonchev–Trinajstić information content (AvgIpc) is 2.79. The average molecular weight is 325 g/mol. The highest BCUT2D eigenvalue weighted by atomic mass is 16.6. The number of hydrogen-bond donors (Lipinski definition) is 1. The van der Waals surface area contributed by atoms with Crippen LogP contribution >= 0.6 is 0 Å². The summed E-state index contributed by atoms with van der Waals surface area (Å²) in [6.45, 7) is 1.22. The third-order valence-electron chi connectivity index (χ3n) is 3.54. The Morgan fingerprint density at radius 3 is 2.17 bits per heavy atom. The number of carbonyl (C=O) groups is 3. The van der Waals surface area contributed by atoms with E-state index in [1.165, 1.54) is 31.2 Å². The molecule has 8 nitrogen and oxygen atoms in total. The maximum atomic E-state index is 12.4. The molecular weight excluding hydrogens is 314 g/mol. The first-order valence-corrected chi connectivity index (χ1v) is 6.94. The summed E-state index contributed by atoms with van der Waals surface area (Å²) in [7, 11) is 0. The molecule has 0 unspecified atom stereocenters. The van der Waals surface area contributed by atoms with Crippen LogP contribution in [0.15, 0.2) is 42.5 Å². The van der Waals surface area contributed by atoms with E-state index in [0.29, 0.717) is 0 Å². The molecule has 1 N–H and O–H groups in total. The fourth-order valence-corrected chi connectivity index (χ4v) is 2.53. The number of nitrogens with one attached hydrogen (secondary N) is 1. The lowest BCUT2D eigenvalue weighted by molar-refractivity contribution is -0.383. The molecule has 3 rings (SSSR count). The quantitative estimate of drug-likeness (QED) is 0.529. The Balaban J connectivity index is 2.07. The number of amides is 3. The maximum absolute atomic E-state index is 12.4. The van der Waals surface area contributed by atoms with Gasteiger partial charge in [-0.1, -0.05) is 12.1 Å². The number of carbonyl (C=O) groups excluding carboxylic acids is 3. The molecule has 2 aromatic carbocycles. The van der Waals surface area contributed by atoms with E-state index in [9.17, 15) is 24.5 Å². The molecule has 0 fully saturated rings. The predicted octanol–water partition coefficient (Wildman–Crippen LogP) is 2.35. The smallest absolute Gasteiger partial charge is 0.294 e. The lowest BCUT2D eigenvalue weighted by atomic mass is 10.1. The van der Waals surface area contributed by atoms with Gasteiger partial charge in [0.05, 0.1) is 21.7 Å². The molecule has 0 spiro atoms. The van der Waals surface area contributed by atoms with E-state index in [2.05, 4.69) is 5.32 Å². The molecule has 2 aromatic rings. The van der Waals surface area contributed by atoms with Crippen LogP contribution in [0.4, 0.5) is 17.1 Å². The van der Waals surface area contributed by atoms with Gasteiger partial charge in [0.2, 0.25) is 5.91 Å². The van der Waals surface area contributed by atoms with Gasteiger partial charge in [-0.3, -0.25) is 24.5 Å². The second-order valence-electron chi connectivity index (χ2n) is 5.13. The molecule has 0 aliphatic carbocycles. The standard InChI is InChI=1S/C16H11N3O5/c1-9(20)17-13-7-6-10(8-14(13)19(23)24)18-15(21)11-4-2-3-5-12(11)16(18)22/h2-8H,1H3,(H,17,20). The number of benzene rings is 2. The largest absolute Gasteiger partial charge is 0.321 e. The van der Waals surface area contributed by atoms with Gasteiger partial charge in [0.15, 0.2) is 0 Å². The van der Waals surface area contributed by atoms with Gasteiger partial charge in [0.1, 0.15) is 5.69 Å². The molecule has 1 aliphatic rings. The van der Waals surface area contributed by atoms with E-state index < -0.39 is 28.3 Å². The zero-order valence-corrected chi connectivity index (χ0v) is 12.5. The van der Waals surface area contributed by atoms with E-state index in [4.69, 9.17) is 0 Å². The number of rotatable bonds is 3. The fourth-order valence-electron chi connectivity index (χ4n) is 2.53. The van der Waals surface area contributed by atoms with Gasteiger partial charge in [0, 0.05) is 13.0 Å². The molecule has 0 saturated heterocycles. The number of imide groups is 1. The zero-order valence-electron chi connectivity index (χ0n) is 12.5. The Labute approximate surface area is 135 Å². The van der Waals surface area contributed by atoms with Crippen molar-refractivity contribution < 1.29 is 19.3 Å². The molecule has 0 saturated carbocycles. The highest BCUT2D eigenvalue weighted by molar-refractivity contribution is 6.34. The first-order chi connectivity index (χ1) is 11.4. The number of nitro benzene ring substituents is 1. The van der Waals surface area contributed by atoms with Gasteiger partial charge in [-0.05, 0) is 24.3 Å². The first-order valence-electron chi connectivity index (χ1n) is 6.94. The predicted molar refractivity (Wildman–Crippen MR) is 85.0 cm³/mol. The third-order valence-corrected chi connectivity index (χ3v) is 3.54. The molecule has 0 radical (unpaired) electrons. The minimum atomic E-state index is -0.688. The SMILES string of the molecule is CC(=O)Nc1ccc(N2C(=O)c3ccccc3C2=O)cc1[N+](=O)[O-]. The summed E-state index contributed by atoms with van der Waals surface area (Å²) >= 11 is 0. The third kappa shape index (κ3) is 2.39. The van der Waals surface area contributed by atoms with Gasteiger partial charge >= 0.3 is 0 Å². The zero-order chi connectivity index (χ0) is 17.4. The van der Waals surface area contributed by atoms with Crippen molar-refractivity contribution in [1.82, 2.24) is 0 Å². The minimum absolute atomic E-state index is 0.00661. The molecule has 1 heterocycles. The fraction of sp³-hybridized carbons (Fsp3) is 0.0625. The second-order valence-corrected chi connectivity index (χ2v) is 5.13. The lowest BCUT2D eigenvalue weighted by Crippen LogP contribution is -2.29. The Morgan fingerprint density at radius 2 is 1.67 bits per heavy atom. The summed E-state index contributed by atoms with van der Waals surface area (Å²) in [5.41, 5.74) is 0.154. The molecule has 8 heteroatoms. The summed E-state index contributed by atoms with van der Waals surface area (Å²) in [5, 5.41) is 13.6. The van der Waals surface area contributed by atoms with Gasteiger partial charge in [-0.15, -0.1) is 0 Å². The van der Waals surface area contributed by atoms with Crippen LogP contribution in [0.25, 0.3) is 0 Å². The number of fused-ring (bicyclic) bond motifs is 1. The summed E-state index contributed by atoms with van der Waals surface area (Å²) < 4.78 is 0. The topological polar surface area (TPSA) is 110 Å². The molecular formula is C16H11N3O5. The number of hydrogen-bond acceptors (Lipinski definition) is 5. The Hall–Kier alpha value is -3.55. The molecule has 1 aliphatic heterocycles. The van der Waals surface area contributed by atoms with Crippen LogP contribution in [-0.2, 0) is 4.79 Å². The van der Waals surface area contributed by atoms with Crippen LogP contribution in [0.5, 0.6) is 0 Å². The number of nitro groups is 1. The van der Waals surface area contributed by atoms with Gasteiger partial charge in [-0.2, -0.15) is 0 Å². The Morgan fingerprint density at radius 1 is 1.08 bits per heavy atom. The first kappa shape index (κ1) is 15.3. The van der Waals surface area contributed by atoms with E-state index in [1.54, 1.807) is 12.1 Å². The van der Waals surface area contributed by atoms with Crippen LogP contribution in [0.2, 0.25) is 0 Å². The Kier molecular flexibility index (Phi) is 3.57. The van der Waals surface area contributed by atoms with Crippen LogP contribution in [0.1, 0.15) is 27.6 Å². The summed E-state index contributed by atoms with van der Waals surface area (Å²) in [5.74, 6) is -1.55. The highest BCUT2D eigenvalue weighted by Crippen LogP contribution is 2.34. The molecule has 3 amide bonds. The number of nitrogens with zero attached hydrogens (tertiary/aromatic N) is 2. The molecule has 0 atom stereocenters. The monoisotopic (exact) mass is 325 g/mol. The van der Waals surface area contributed by atoms with Gasteiger partial charge < -0.3 is 5.32 Å². The Bertz CT molecular complexity index is 871. The summed E-state index contributed by atoms with van der Waals surface area (Å²) in [6.07, 6.45) is 0. The van der Waals surface area contributed by atoms with Crippen molar-refractivity contribution in [1.29, 1.82) is 0 Å². The number of anilines is 2. The molecule has 120 valence electrons. The van der Waals surface area contributed by atoms with Crippen LogP contribution in [0.3, 0.4) is 0 Å². The maximum Gasteiger partial charge on any atom is 0.294 e. The van der Waals surface area contributed by atoms with E-state index in [-0.39, 0.29) is 22.5 Å². The minimum Gasteiger partial charge on any atom is -0.321 e. The highest BCUT2D eigenvalue weighted by Gasteiger charge is 2.37. The van der Waals surface area contributed by atoms with Crippen LogP contribution in [0, 0.1) is 10.1 Å². The van der Waals surface area contributed by atoms with E-state index >= 15 is 0 Å². The van der Waals surface area contributed by atoms with Crippen molar-refractivity contribution in [3.63, 3.8) is 0 Å². The molecule has 0 aromatic heterocycles. The lowest BCUT2D eigenvalue weighted by Gasteiger charge is -2.14. The summed E-state index contributed by atoms with van der Waals surface area (Å²) in [4.78, 5) is 47.4. The van der Waals surface area contributed by atoms with Crippen molar-refractivity contribution in [2.45, 2.75) is 6.92 Å². The van der Waals surface area contributed by atoms with Crippen LogP contribution in [-0.4, -0.2) is 22.6 Å².